The first-order valence-corrected chi connectivity index (χ1v) is 15.1. The zero-order valence-corrected chi connectivity index (χ0v) is 23.7. The molecule has 2 aliphatic rings. The van der Waals surface area contributed by atoms with Crippen molar-refractivity contribution in [2.24, 2.45) is 0 Å². The Hall–Kier alpha value is -3.15. The molecular formula is C25H26F6N6O3S2. The molecule has 0 amide bonds. The Kier molecular flexibility index (Phi) is 8.30. The highest BCUT2D eigenvalue weighted by Gasteiger charge is 2.49. The molecular weight excluding hydrogens is 610 g/mol. The van der Waals surface area contributed by atoms with Crippen LogP contribution in [0.3, 0.4) is 0 Å². The van der Waals surface area contributed by atoms with Gasteiger partial charge in [0.1, 0.15) is 11.9 Å². The second-order valence-corrected chi connectivity index (χ2v) is 12.3. The maximum atomic E-state index is 12.9. The first kappa shape index (κ1) is 30.3. The number of nitrogens with one attached hydrogen (secondary N) is 2. The zero-order valence-electron chi connectivity index (χ0n) is 22.0. The Morgan fingerprint density at radius 2 is 1.79 bits per heavy atom. The van der Waals surface area contributed by atoms with E-state index in [1.807, 2.05) is 10.3 Å². The molecule has 1 atom stereocenters. The highest BCUT2D eigenvalue weighted by Crippen LogP contribution is 2.34. The van der Waals surface area contributed by atoms with Crippen LogP contribution in [0.1, 0.15) is 58.1 Å². The number of piperidine rings is 1. The number of benzene rings is 1. The number of likely N-dealkylation sites (tertiary alicyclic amines) is 1. The van der Waals surface area contributed by atoms with E-state index in [1.54, 1.807) is 19.2 Å². The first-order chi connectivity index (χ1) is 19.7. The Balaban J connectivity index is 1.19. The number of rotatable bonds is 6. The number of alkyl halides is 6. The van der Waals surface area contributed by atoms with Crippen molar-refractivity contribution in [3.63, 3.8) is 0 Å². The topological polar surface area (TPSA) is 101 Å². The molecule has 2 aliphatic heterocycles. The van der Waals surface area contributed by atoms with Gasteiger partial charge >= 0.3 is 21.8 Å². The summed E-state index contributed by atoms with van der Waals surface area (Å²) in [7, 11) is -5.81. The Morgan fingerprint density at radius 3 is 2.45 bits per heavy atom. The van der Waals surface area contributed by atoms with Gasteiger partial charge in [-0.3, -0.25) is 10.6 Å². The van der Waals surface area contributed by atoms with Crippen LogP contribution in [0.2, 0.25) is 0 Å². The van der Waals surface area contributed by atoms with Gasteiger partial charge in [-0.15, -0.1) is 11.3 Å². The van der Waals surface area contributed by atoms with E-state index >= 15 is 0 Å². The van der Waals surface area contributed by atoms with Crippen LogP contribution < -0.4 is 14.8 Å². The number of thiazole rings is 1. The van der Waals surface area contributed by atoms with Crippen LogP contribution in [0, 0.1) is 6.92 Å². The van der Waals surface area contributed by atoms with E-state index in [-0.39, 0.29) is 24.8 Å². The number of fused-ring (bicyclic) bond motifs is 1. The summed E-state index contributed by atoms with van der Waals surface area (Å²) < 4.78 is 106. The Bertz CT molecular complexity index is 1560. The third-order valence-corrected chi connectivity index (χ3v) is 9.03. The predicted molar refractivity (Wildman–Crippen MR) is 141 cm³/mol. The zero-order chi connectivity index (χ0) is 30.3. The van der Waals surface area contributed by atoms with Crippen LogP contribution in [0.15, 0.2) is 35.8 Å². The van der Waals surface area contributed by atoms with Gasteiger partial charge in [-0.1, -0.05) is 12.1 Å². The van der Waals surface area contributed by atoms with Gasteiger partial charge in [-0.2, -0.15) is 39.9 Å². The lowest BCUT2D eigenvalue weighted by Gasteiger charge is -2.30. The molecule has 4 heterocycles. The van der Waals surface area contributed by atoms with Crippen LogP contribution in [-0.4, -0.2) is 46.7 Å². The van der Waals surface area contributed by atoms with E-state index in [0.717, 1.165) is 23.9 Å². The summed E-state index contributed by atoms with van der Waals surface area (Å²) in [6.45, 7) is 3.21. The molecule has 0 spiro atoms. The standard InChI is InChI=1S/C25H26F6N6O3S2/c1-15-11-21(24(26,27)28)35-37(15)10-9-36-7-5-16(6-8-36)23-34-19(14-41-23)22-32-12-17-3-2-4-20(18(17)13-33-22)40-42(38,39)25(29,30)31/h2-4,9-11,14,16,22,32-33H,5-8,12-13H2,1H3. The largest absolute Gasteiger partial charge is 0.534 e. The van der Waals surface area contributed by atoms with Crippen LogP contribution in [0.4, 0.5) is 26.3 Å². The van der Waals surface area contributed by atoms with Crippen LogP contribution >= 0.6 is 11.3 Å². The summed E-state index contributed by atoms with van der Waals surface area (Å²) >= 11 is 1.50. The molecule has 0 saturated carbocycles. The quantitative estimate of drug-likeness (QED) is 0.219. The number of halogens is 6. The molecule has 17 heteroatoms. The summed E-state index contributed by atoms with van der Waals surface area (Å²) in [5.74, 6) is -0.199. The van der Waals surface area contributed by atoms with Gasteiger partial charge in [0, 0.05) is 61.1 Å². The van der Waals surface area contributed by atoms with Crippen molar-refractivity contribution in [3.8, 4) is 5.75 Å². The molecule has 2 N–H and O–H groups in total. The maximum absolute atomic E-state index is 12.9. The van der Waals surface area contributed by atoms with E-state index in [4.69, 9.17) is 4.98 Å². The van der Waals surface area contributed by atoms with Crippen molar-refractivity contribution >= 4 is 27.7 Å². The number of aromatic nitrogens is 3. The van der Waals surface area contributed by atoms with Crippen LogP contribution in [0.25, 0.3) is 6.20 Å². The molecule has 42 heavy (non-hydrogen) atoms. The molecule has 5 rings (SSSR count). The van der Waals surface area contributed by atoms with E-state index in [1.165, 1.54) is 34.4 Å². The number of hydrogen-bond donors (Lipinski definition) is 2. The average molecular weight is 637 g/mol. The average Bonchev–Trinajstić information content (AvgIpc) is 3.49. The van der Waals surface area contributed by atoms with Crippen molar-refractivity contribution in [3.05, 3.63) is 69.1 Å². The van der Waals surface area contributed by atoms with Crippen molar-refractivity contribution in [1.29, 1.82) is 0 Å². The molecule has 1 fully saturated rings. The van der Waals surface area contributed by atoms with E-state index in [2.05, 4.69) is 19.9 Å². The van der Waals surface area contributed by atoms with E-state index in [0.29, 0.717) is 35.6 Å². The van der Waals surface area contributed by atoms with E-state index in [9.17, 15) is 34.8 Å². The minimum Gasteiger partial charge on any atom is -0.376 e. The van der Waals surface area contributed by atoms with Gasteiger partial charge in [-0.05, 0) is 37.5 Å². The lowest BCUT2D eigenvalue weighted by molar-refractivity contribution is -0.141. The SMILES string of the molecule is Cc1cc(C(F)(F)F)nn1C=CN1CCC(c2nc(C3NCc4cccc(OS(=O)(=O)C(F)(F)F)c4CN3)cs2)CC1. The number of nitrogens with zero attached hydrogens (tertiary/aromatic N) is 4. The van der Waals surface area contributed by atoms with Gasteiger partial charge in [0.15, 0.2) is 5.69 Å². The molecule has 1 saturated heterocycles. The van der Waals surface area contributed by atoms with Gasteiger partial charge in [-0.25, -0.2) is 9.67 Å². The molecule has 228 valence electrons. The smallest absolute Gasteiger partial charge is 0.376 e. The summed E-state index contributed by atoms with van der Waals surface area (Å²) in [6, 6.07) is 5.29. The summed E-state index contributed by atoms with van der Waals surface area (Å²) in [5.41, 5.74) is -4.51. The summed E-state index contributed by atoms with van der Waals surface area (Å²) in [5, 5.41) is 12.9. The van der Waals surface area contributed by atoms with Crippen LogP contribution in [-0.2, 0) is 29.4 Å². The molecule has 2 aromatic heterocycles. The molecule has 0 bridgehead atoms. The number of aryl methyl sites for hydroxylation is 1. The molecule has 9 nitrogen and oxygen atoms in total. The molecule has 3 aromatic rings. The summed E-state index contributed by atoms with van der Waals surface area (Å²) in [4.78, 5) is 6.81. The normalized spacial score (nSPS) is 19.2. The third-order valence-electron chi connectivity index (χ3n) is 7.04. The molecule has 1 aromatic carbocycles. The van der Waals surface area contributed by atoms with Gasteiger partial charge < -0.3 is 9.08 Å². The number of hydrogen-bond acceptors (Lipinski definition) is 9. The molecule has 0 aliphatic carbocycles. The molecule has 0 radical (unpaired) electrons. The maximum Gasteiger partial charge on any atom is 0.534 e. The van der Waals surface area contributed by atoms with Gasteiger partial charge in [0.05, 0.1) is 10.7 Å². The fourth-order valence-corrected chi connectivity index (χ4v) is 6.27. The minimum absolute atomic E-state index is 0.0499. The summed E-state index contributed by atoms with van der Waals surface area (Å²) in [6.07, 6.45) is -0.112. The minimum atomic E-state index is -5.81. The first-order valence-electron chi connectivity index (χ1n) is 12.8. The van der Waals surface area contributed by atoms with Gasteiger partial charge in [0.2, 0.25) is 0 Å². The fourth-order valence-electron chi connectivity index (χ4n) is 4.77. The van der Waals surface area contributed by atoms with E-state index < -0.39 is 33.7 Å². The van der Waals surface area contributed by atoms with Gasteiger partial charge in [0.25, 0.3) is 0 Å². The Labute approximate surface area is 241 Å². The fraction of sp³-hybridized carbons (Fsp3) is 0.440. The lowest BCUT2D eigenvalue weighted by Crippen LogP contribution is -2.31. The third kappa shape index (κ3) is 6.58. The molecule has 1 unspecified atom stereocenters. The van der Waals surface area contributed by atoms with Crippen molar-refractivity contribution in [1.82, 2.24) is 30.3 Å². The highest BCUT2D eigenvalue weighted by molar-refractivity contribution is 7.88. The second-order valence-electron chi connectivity index (χ2n) is 9.90. The van der Waals surface area contributed by atoms with Crippen molar-refractivity contribution < 1.29 is 38.9 Å². The predicted octanol–water partition coefficient (Wildman–Crippen LogP) is 5.09. The van der Waals surface area contributed by atoms with Crippen molar-refractivity contribution in [2.45, 2.75) is 56.6 Å². The second kappa shape index (κ2) is 11.5. The van der Waals surface area contributed by atoms with Crippen LogP contribution in [0.5, 0.6) is 5.75 Å². The lowest BCUT2D eigenvalue weighted by atomic mass is 9.98. The van der Waals surface area contributed by atoms with Crippen molar-refractivity contribution in [2.75, 3.05) is 13.1 Å². The highest BCUT2D eigenvalue weighted by atomic mass is 32.2. The monoisotopic (exact) mass is 636 g/mol. The Morgan fingerprint density at radius 1 is 1.07 bits per heavy atom.